The molecule has 0 aliphatic heterocycles. The SMILES string of the molecule is CSCC(C)N(C)c1cccc(OC(C)C)c1N. The van der Waals surface area contributed by atoms with Crippen molar-refractivity contribution in [1.29, 1.82) is 0 Å². The smallest absolute Gasteiger partial charge is 0.144 e. The average Bonchev–Trinajstić information content (AvgIpc) is 2.31. The van der Waals surface area contributed by atoms with E-state index in [2.05, 4.69) is 25.1 Å². The first-order valence-electron chi connectivity index (χ1n) is 6.24. The molecule has 1 rings (SSSR count). The van der Waals surface area contributed by atoms with E-state index in [0.29, 0.717) is 6.04 Å². The van der Waals surface area contributed by atoms with Gasteiger partial charge in [-0.25, -0.2) is 0 Å². The lowest BCUT2D eigenvalue weighted by molar-refractivity contribution is 0.244. The fourth-order valence-corrected chi connectivity index (χ4v) is 2.49. The monoisotopic (exact) mass is 268 g/mol. The number of nitrogens with zero attached hydrogens (tertiary/aromatic N) is 1. The number of ether oxygens (including phenoxy) is 1. The molecule has 0 saturated heterocycles. The third-order valence-corrected chi connectivity index (χ3v) is 3.67. The molecule has 0 aliphatic carbocycles. The molecule has 102 valence electrons. The molecule has 0 bridgehead atoms. The standard InChI is InChI=1S/C14H24N2OS/c1-10(2)17-13-8-6-7-12(14(13)15)16(4)11(3)9-18-5/h6-8,10-11H,9,15H2,1-5H3. The van der Waals surface area contributed by atoms with Gasteiger partial charge in [0.05, 0.1) is 17.5 Å². The molecule has 1 aromatic carbocycles. The van der Waals surface area contributed by atoms with Crippen molar-refractivity contribution in [3.63, 3.8) is 0 Å². The first-order chi connectivity index (χ1) is 8.47. The van der Waals surface area contributed by atoms with E-state index in [9.17, 15) is 0 Å². The van der Waals surface area contributed by atoms with Crippen LogP contribution in [-0.2, 0) is 0 Å². The van der Waals surface area contributed by atoms with Crippen LogP contribution in [0.5, 0.6) is 5.75 Å². The van der Waals surface area contributed by atoms with Crippen LogP contribution in [0.1, 0.15) is 20.8 Å². The summed E-state index contributed by atoms with van der Waals surface area (Å²) in [5.41, 5.74) is 7.95. The van der Waals surface area contributed by atoms with E-state index in [4.69, 9.17) is 10.5 Å². The van der Waals surface area contributed by atoms with Gasteiger partial charge in [-0.2, -0.15) is 11.8 Å². The lowest BCUT2D eigenvalue weighted by Crippen LogP contribution is -2.31. The Morgan fingerprint density at radius 1 is 1.33 bits per heavy atom. The molecule has 0 aromatic heterocycles. The summed E-state index contributed by atoms with van der Waals surface area (Å²) in [4.78, 5) is 2.21. The van der Waals surface area contributed by atoms with Crippen LogP contribution < -0.4 is 15.4 Å². The zero-order valence-electron chi connectivity index (χ0n) is 11.9. The number of anilines is 2. The Kier molecular flexibility index (Phi) is 5.66. The maximum atomic E-state index is 6.19. The second-order valence-electron chi connectivity index (χ2n) is 4.77. The Bertz CT molecular complexity index is 382. The fraction of sp³-hybridized carbons (Fsp3) is 0.571. The Morgan fingerprint density at radius 2 is 2.00 bits per heavy atom. The maximum Gasteiger partial charge on any atom is 0.144 e. The highest BCUT2D eigenvalue weighted by molar-refractivity contribution is 7.98. The van der Waals surface area contributed by atoms with Crippen molar-refractivity contribution in [1.82, 2.24) is 0 Å². The van der Waals surface area contributed by atoms with Crippen LogP contribution in [0, 0.1) is 0 Å². The quantitative estimate of drug-likeness (QED) is 0.804. The average molecular weight is 268 g/mol. The number of hydrogen-bond donors (Lipinski definition) is 1. The van der Waals surface area contributed by atoms with Gasteiger partial charge in [0.1, 0.15) is 5.75 Å². The van der Waals surface area contributed by atoms with Crippen LogP contribution in [0.3, 0.4) is 0 Å². The summed E-state index contributed by atoms with van der Waals surface area (Å²) in [7, 11) is 2.08. The summed E-state index contributed by atoms with van der Waals surface area (Å²) >= 11 is 1.84. The number of hydrogen-bond acceptors (Lipinski definition) is 4. The second kappa shape index (κ2) is 6.78. The number of rotatable bonds is 6. The lowest BCUT2D eigenvalue weighted by Gasteiger charge is -2.28. The predicted molar refractivity (Wildman–Crippen MR) is 82.9 cm³/mol. The lowest BCUT2D eigenvalue weighted by atomic mass is 10.2. The van der Waals surface area contributed by atoms with Gasteiger partial charge in [-0.3, -0.25) is 0 Å². The van der Waals surface area contributed by atoms with Crippen LogP contribution in [0.25, 0.3) is 0 Å². The molecule has 0 amide bonds. The molecule has 0 heterocycles. The molecule has 2 N–H and O–H groups in total. The van der Waals surface area contributed by atoms with E-state index in [1.807, 2.05) is 43.8 Å². The number of nitrogen functional groups attached to an aromatic ring is 1. The van der Waals surface area contributed by atoms with E-state index < -0.39 is 0 Å². The van der Waals surface area contributed by atoms with Crippen LogP contribution in [0.15, 0.2) is 18.2 Å². The van der Waals surface area contributed by atoms with Crippen molar-refractivity contribution < 1.29 is 4.74 Å². The van der Waals surface area contributed by atoms with Crippen LogP contribution in [0.2, 0.25) is 0 Å². The van der Waals surface area contributed by atoms with Gasteiger partial charge in [0, 0.05) is 18.8 Å². The third-order valence-electron chi connectivity index (χ3n) is 2.85. The molecule has 3 nitrogen and oxygen atoms in total. The first kappa shape index (κ1) is 15.0. The van der Waals surface area contributed by atoms with Gasteiger partial charge < -0.3 is 15.4 Å². The van der Waals surface area contributed by atoms with Gasteiger partial charge in [-0.1, -0.05) is 6.07 Å². The van der Waals surface area contributed by atoms with Crippen molar-refractivity contribution in [3.05, 3.63) is 18.2 Å². The third kappa shape index (κ3) is 3.73. The minimum absolute atomic E-state index is 0.136. The molecule has 0 fully saturated rings. The van der Waals surface area contributed by atoms with E-state index in [-0.39, 0.29) is 6.10 Å². The molecule has 0 radical (unpaired) electrons. The molecule has 0 spiro atoms. The van der Waals surface area contributed by atoms with E-state index in [0.717, 1.165) is 22.9 Å². The normalized spacial score (nSPS) is 12.6. The summed E-state index contributed by atoms with van der Waals surface area (Å²) in [6.07, 6.45) is 2.25. The molecule has 0 aliphatic rings. The molecule has 1 unspecified atom stereocenters. The van der Waals surface area contributed by atoms with Gasteiger partial charge >= 0.3 is 0 Å². The highest BCUT2D eigenvalue weighted by Crippen LogP contribution is 2.33. The first-order valence-corrected chi connectivity index (χ1v) is 7.63. The van der Waals surface area contributed by atoms with Crippen molar-refractivity contribution in [2.24, 2.45) is 0 Å². The van der Waals surface area contributed by atoms with Crippen LogP contribution in [0.4, 0.5) is 11.4 Å². The number of para-hydroxylation sites is 1. The fourth-order valence-electron chi connectivity index (χ4n) is 1.79. The van der Waals surface area contributed by atoms with Crippen molar-refractivity contribution >= 4 is 23.1 Å². The highest BCUT2D eigenvalue weighted by Gasteiger charge is 2.15. The summed E-state index contributed by atoms with van der Waals surface area (Å²) in [5.74, 6) is 1.84. The number of benzene rings is 1. The minimum atomic E-state index is 0.136. The molecule has 18 heavy (non-hydrogen) atoms. The topological polar surface area (TPSA) is 38.5 Å². The Labute approximate surface area is 115 Å². The Hall–Kier alpha value is -1.03. The molecule has 1 aromatic rings. The summed E-state index contributed by atoms with van der Waals surface area (Å²) < 4.78 is 5.72. The zero-order valence-corrected chi connectivity index (χ0v) is 12.8. The van der Waals surface area contributed by atoms with Crippen molar-refractivity contribution in [3.8, 4) is 5.75 Å². The van der Waals surface area contributed by atoms with Gasteiger partial charge in [0.2, 0.25) is 0 Å². The Morgan fingerprint density at radius 3 is 2.56 bits per heavy atom. The van der Waals surface area contributed by atoms with Crippen LogP contribution in [-0.4, -0.2) is 31.2 Å². The Balaban J connectivity index is 2.95. The van der Waals surface area contributed by atoms with Gasteiger partial charge in [0.15, 0.2) is 0 Å². The molecule has 0 saturated carbocycles. The molecular formula is C14H24N2OS. The summed E-state index contributed by atoms with van der Waals surface area (Å²) in [6, 6.07) is 6.40. The number of thioether (sulfide) groups is 1. The highest BCUT2D eigenvalue weighted by atomic mass is 32.2. The summed E-state index contributed by atoms with van der Waals surface area (Å²) in [6.45, 7) is 6.21. The largest absolute Gasteiger partial charge is 0.489 e. The molecule has 4 heteroatoms. The second-order valence-corrected chi connectivity index (χ2v) is 5.68. The van der Waals surface area contributed by atoms with E-state index >= 15 is 0 Å². The van der Waals surface area contributed by atoms with Crippen molar-refractivity contribution in [2.45, 2.75) is 32.9 Å². The van der Waals surface area contributed by atoms with Gasteiger partial charge in [0.25, 0.3) is 0 Å². The van der Waals surface area contributed by atoms with E-state index in [1.165, 1.54) is 0 Å². The van der Waals surface area contributed by atoms with E-state index in [1.54, 1.807) is 0 Å². The zero-order chi connectivity index (χ0) is 13.7. The van der Waals surface area contributed by atoms with Crippen molar-refractivity contribution in [2.75, 3.05) is 29.7 Å². The number of nitrogens with two attached hydrogens (primary N) is 1. The van der Waals surface area contributed by atoms with Gasteiger partial charge in [-0.15, -0.1) is 0 Å². The molecular weight excluding hydrogens is 244 g/mol. The summed E-state index contributed by atoms with van der Waals surface area (Å²) in [5, 5.41) is 0. The molecule has 1 atom stereocenters. The predicted octanol–water partition coefficient (Wildman–Crippen LogP) is 3.24. The van der Waals surface area contributed by atoms with Crippen LogP contribution >= 0.6 is 11.8 Å². The maximum absolute atomic E-state index is 6.19. The van der Waals surface area contributed by atoms with Gasteiger partial charge in [-0.05, 0) is 39.2 Å². The minimum Gasteiger partial charge on any atom is -0.489 e.